The summed E-state index contributed by atoms with van der Waals surface area (Å²) in [5, 5.41) is 7.20. The summed E-state index contributed by atoms with van der Waals surface area (Å²) in [6, 6.07) is 24.7. The van der Waals surface area contributed by atoms with Gasteiger partial charge in [-0.05, 0) is 61.2 Å². The van der Waals surface area contributed by atoms with Crippen LogP contribution in [-0.4, -0.2) is 16.8 Å². The fraction of sp³-hybridized carbons (Fsp3) is 0.185. The van der Waals surface area contributed by atoms with E-state index in [2.05, 4.69) is 27.8 Å². The summed E-state index contributed by atoms with van der Waals surface area (Å²) < 4.78 is 0. The number of para-hydroxylation sites is 1. The number of aromatic nitrogens is 1. The van der Waals surface area contributed by atoms with E-state index >= 15 is 0 Å². The van der Waals surface area contributed by atoms with E-state index in [1.165, 1.54) is 10.9 Å². The molecule has 1 aromatic heterocycles. The number of anilines is 1. The van der Waals surface area contributed by atoms with E-state index in [0.29, 0.717) is 17.7 Å². The lowest BCUT2D eigenvalue weighted by atomic mass is 10.1. The number of rotatable bonds is 8. The molecule has 4 aromatic rings. The number of fused-ring (bicyclic) bond motifs is 1. The lowest BCUT2D eigenvalue weighted by Gasteiger charge is -2.16. The van der Waals surface area contributed by atoms with Gasteiger partial charge in [-0.2, -0.15) is 0 Å². The van der Waals surface area contributed by atoms with Crippen molar-refractivity contribution < 1.29 is 9.59 Å². The average Bonchev–Trinajstić information content (AvgIpc) is 3.23. The van der Waals surface area contributed by atoms with E-state index in [1.54, 1.807) is 12.1 Å². The molecule has 4 rings (SSSR count). The molecule has 1 unspecified atom stereocenters. The van der Waals surface area contributed by atoms with Gasteiger partial charge in [-0.25, -0.2) is 0 Å². The Labute approximate surface area is 187 Å². The molecule has 5 heteroatoms. The van der Waals surface area contributed by atoms with Crippen molar-refractivity contribution in [2.45, 2.75) is 32.2 Å². The van der Waals surface area contributed by atoms with E-state index < -0.39 is 0 Å². The third-order valence-electron chi connectivity index (χ3n) is 5.58. The predicted octanol–water partition coefficient (Wildman–Crippen LogP) is 5.62. The second kappa shape index (κ2) is 9.96. The highest BCUT2D eigenvalue weighted by Gasteiger charge is 2.12. The van der Waals surface area contributed by atoms with E-state index in [9.17, 15) is 9.59 Å². The molecule has 3 N–H and O–H groups in total. The van der Waals surface area contributed by atoms with Crippen molar-refractivity contribution in [1.82, 2.24) is 10.3 Å². The second-order valence-electron chi connectivity index (χ2n) is 7.95. The number of H-pyrrole nitrogens is 1. The topological polar surface area (TPSA) is 74.0 Å². The van der Waals surface area contributed by atoms with Crippen LogP contribution in [0.5, 0.6) is 0 Å². The molecule has 0 aliphatic heterocycles. The smallest absolute Gasteiger partial charge is 0.255 e. The maximum Gasteiger partial charge on any atom is 0.255 e. The predicted molar refractivity (Wildman–Crippen MR) is 129 cm³/mol. The van der Waals surface area contributed by atoms with Crippen molar-refractivity contribution >= 4 is 28.4 Å². The quantitative estimate of drug-likeness (QED) is 0.343. The molecule has 1 heterocycles. The Morgan fingerprint density at radius 3 is 2.56 bits per heavy atom. The van der Waals surface area contributed by atoms with Crippen LogP contribution < -0.4 is 10.6 Å². The molecule has 0 aliphatic carbocycles. The van der Waals surface area contributed by atoms with E-state index in [1.807, 2.05) is 67.7 Å². The van der Waals surface area contributed by atoms with Crippen molar-refractivity contribution in [1.29, 1.82) is 0 Å². The van der Waals surface area contributed by atoms with Gasteiger partial charge in [-0.15, -0.1) is 0 Å². The number of carbonyl (C=O) groups is 2. The maximum absolute atomic E-state index is 12.5. The molecule has 3 aromatic carbocycles. The van der Waals surface area contributed by atoms with Gasteiger partial charge in [0.05, 0.1) is 6.04 Å². The molecule has 32 heavy (non-hydrogen) atoms. The minimum absolute atomic E-state index is 0.0241. The normalized spacial score (nSPS) is 11.8. The summed E-state index contributed by atoms with van der Waals surface area (Å²) in [4.78, 5) is 28.1. The van der Waals surface area contributed by atoms with Gasteiger partial charge in [0.25, 0.3) is 5.91 Å². The molecule has 2 amide bonds. The molecule has 0 bridgehead atoms. The number of hydrogen-bond donors (Lipinski definition) is 3. The molecule has 5 nitrogen and oxygen atoms in total. The van der Waals surface area contributed by atoms with Gasteiger partial charge in [0.1, 0.15) is 0 Å². The largest absolute Gasteiger partial charge is 0.361 e. The first-order valence-corrected chi connectivity index (χ1v) is 10.9. The van der Waals surface area contributed by atoms with E-state index in [-0.39, 0.29) is 17.9 Å². The number of benzene rings is 3. The maximum atomic E-state index is 12.5. The van der Waals surface area contributed by atoms with Gasteiger partial charge >= 0.3 is 0 Å². The fourth-order valence-corrected chi connectivity index (χ4v) is 3.85. The Morgan fingerprint density at radius 1 is 0.938 bits per heavy atom. The Morgan fingerprint density at radius 2 is 1.72 bits per heavy atom. The third kappa shape index (κ3) is 5.24. The minimum Gasteiger partial charge on any atom is -0.361 e. The molecule has 0 saturated carbocycles. The van der Waals surface area contributed by atoms with Crippen molar-refractivity contribution in [3.05, 3.63) is 102 Å². The average molecular weight is 426 g/mol. The van der Waals surface area contributed by atoms with Crippen LogP contribution in [-0.2, 0) is 11.2 Å². The first kappa shape index (κ1) is 21.4. The molecular formula is C27H27N3O2. The van der Waals surface area contributed by atoms with Crippen LogP contribution in [0.1, 0.15) is 47.3 Å². The number of hydrogen-bond acceptors (Lipinski definition) is 2. The summed E-state index contributed by atoms with van der Waals surface area (Å²) >= 11 is 0. The van der Waals surface area contributed by atoms with Crippen LogP contribution >= 0.6 is 0 Å². The zero-order valence-electron chi connectivity index (χ0n) is 18.1. The summed E-state index contributed by atoms with van der Waals surface area (Å²) in [5.74, 6) is -0.132. The number of amides is 2. The zero-order valence-corrected chi connectivity index (χ0v) is 18.1. The Hall–Kier alpha value is -3.86. The van der Waals surface area contributed by atoms with Crippen LogP contribution in [0.2, 0.25) is 0 Å². The molecule has 0 radical (unpaired) electrons. The Kier molecular flexibility index (Phi) is 6.66. The standard InChI is InChI=1S/C27H27N3O2/c1-19(21-11-7-13-23(17-21)30-27(32)20-9-3-2-4-10-20)29-26(31)16-8-12-22-18-28-25-15-6-5-14-24(22)25/h2-7,9-11,13-15,17-19,28H,8,12,16H2,1H3,(H,29,31)(H,30,32). The minimum atomic E-state index is -0.156. The molecule has 162 valence electrons. The summed E-state index contributed by atoms with van der Waals surface area (Å²) in [5.41, 5.74) is 4.62. The van der Waals surface area contributed by atoms with Gasteiger partial charge < -0.3 is 15.6 Å². The summed E-state index contributed by atoms with van der Waals surface area (Å²) in [6.07, 6.45) is 4.13. The Bertz CT molecular complexity index is 1210. The van der Waals surface area contributed by atoms with Crippen molar-refractivity contribution in [2.24, 2.45) is 0 Å². The number of nitrogens with one attached hydrogen (secondary N) is 3. The number of carbonyl (C=O) groups excluding carboxylic acids is 2. The van der Waals surface area contributed by atoms with Crippen LogP contribution in [0.4, 0.5) is 5.69 Å². The molecule has 0 fully saturated rings. The monoisotopic (exact) mass is 425 g/mol. The van der Waals surface area contributed by atoms with E-state index in [0.717, 1.165) is 23.9 Å². The molecule has 0 aliphatic rings. The molecule has 1 atom stereocenters. The molecular weight excluding hydrogens is 398 g/mol. The highest BCUT2D eigenvalue weighted by molar-refractivity contribution is 6.04. The van der Waals surface area contributed by atoms with Crippen LogP contribution in [0.25, 0.3) is 10.9 Å². The SMILES string of the molecule is CC(NC(=O)CCCc1c[nH]c2ccccc12)c1cccc(NC(=O)c2ccccc2)c1. The second-order valence-corrected chi connectivity index (χ2v) is 7.95. The molecule has 0 spiro atoms. The van der Waals surface area contributed by atoms with Crippen molar-refractivity contribution in [2.75, 3.05) is 5.32 Å². The van der Waals surface area contributed by atoms with E-state index in [4.69, 9.17) is 0 Å². The number of aryl methyl sites for hydroxylation is 1. The zero-order chi connectivity index (χ0) is 22.3. The highest BCUT2D eigenvalue weighted by Crippen LogP contribution is 2.21. The van der Waals surface area contributed by atoms with Gasteiger partial charge in [0.2, 0.25) is 5.91 Å². The number of aromatic amines is 1. The van der Waals surface area contributed by atoms with Crippen LogP contribution in [0.15, 0.2) is 85.1 Å². The summed E-state index contributed by atoms with van der Waals surface area (Å²) in [7, 11) is 0. The lowest BCUT2D eigenvalue weighted by molar-refractivity contribution is -0.121. The third-order valence-corrected chi connectivity index (χ3v) is 5.58. The first-order chi connectivity index (χ1) is 15.6. The Balaban J connectivity index is 1.29. The van der Waals surface area contributed by atoms with Crippen molar-refractivity contribution in [3.8, 4) is 0 Å². The molecule has 0 saturated heterocycles. The fourth-order valence-electron chi connectivity index (χ4n) is 3.85. The van der Waals surface area contributed by atoms with Crippen molar-refractivity contribution in [3.63, 3.8) is 0 Å². The van der Waals surface area contributed by atoms with Crippen LogP contribution in [0, 0.1) is 0 Å². The highest BCUT2D eigenvalue weighted by atomic mass is 16.2. The van der Waals surface area contributed by atoms with Gasteiger partial charge in [-0.1, -0.05) is 48.5 Å². The first-order valence-electron chi connectivity index (χ1n) is 10.9. The van der Waals surface area contributed by atoms with Gasteiger partial charge in [0, 0.05) is 34.8 Å². The summed E-state index contributed by atoms with van der Waals surface area (Å²) in [6.45, 7) is 1.95. The van der Waals surface area contributed by atoms with Crippen LogP contribution in [0.3, 0.4) is 0 Å². The lowest BCUT2D eigenvalue weighted by Crippen LogP contribution is -2.26. The van der Waals surface area contributed by atoms with Gasteiger partial charge in [0.15, 0.2) is 0 Å². The van der Waals surface area contributed by atoms with Gasteiger partial charge in [-0.3, -0.25) is 9.59 Å².